The van der Waals surface area contributed by atoms with Gasteiger partial charge in [-0.05, 0) is 41.0 Å². The van der Waals surface area contributed by atoms with Crippen molar-refractivity contribution >= 4 is 6.09 Å². The number of hydrogen-bond donors (Lipinski definition) is 1. The maximum atomic E-state index is 11.3. The van der Waals surface area contributed by atoms with Crippen LogP contribution in [0.2, 0.25) is 0 Å². The first-order valence-electron chi connectivity index (χ1n) is 5.77. The molecular weight excluding hydrogens is 206 g/mol. The first-order chi connectivity index (χ1) is 7.16. The highest BCUT2D eigenvalue weighted by Gasteiger charge is 2.17. The van der Waals surface area contributed by atoms with Gasteiger partial charge in [-0.2, -0.15) is 0 Å². The molecule has 0 rings (SSSR count). The van der Waals surface area contributed by atoms with Crippen LogP contribution in [-0.2, 0) is 9.47 Å². The lowest BCUT2D eigenvalue weighted by atomic mass is 10.1. The van der Waals surface area contributed by atoms with E-state index in [1.807, 2.05) is 34.6 Å². The van der Waals surface area contributed by atoms with Gasteiger partial charge in [0.1, 0.15) is 5.60 Å². The molecule has 1 amide bonds. The minimum absolute atomic E-state index is 0.129. The highest BCUT2D eigenvalue weighted by molar-refractivity contribution is 5.67. The van der Waals surface area contributed by atoms with Gasteiger partial charge in [-0.3, -0.25) is 0 Å². The summed E-state index contributed by atoms with van der Waals surface area (Å²) in [5, 5.41) is 2.65. The van der Waals surface area contributed by atoms with E-state index in [0.717, 1.165) is 6.42 Å². The highest BCUT2D eigenvalue weighted by Crippen LogP contribution is 2.12. The van der Waals surface area contributed by atoms with E-state index in [4.69, 9.17) is 9.47 Å². The summed E-state index contributed by atoms with van der Waals surface area (Å²) in [6.07, 6.45) is 0.546. The molecule has 0 aromatic carbocycles. The summed E-state index contributed by atoms with van der Waals surface area (Å²) < 4.78 is 10.7. The summed E-state index contributed by atoms with van der Waals surface area (Å²) >= 11 is 0. The Balaban J connectivity index is 3.64. The van der Waals surface area contributed by atoms with Crippen LogP contribution in [0.15, 0.2) is 0 Å². The Hall–Kier alpha value is -0.770. The third kappa shape index (κ3) is 8.53. The van der Waals surface area contributed by atoms with Crippen molar-refractivity contribution in [3.8, 4) is 0 Å². The van der Waals surface area contributed by atoms with E-state index < -0.39 is 11.7 Å². The van der Waals surface area contributed by atoms with E-state index in [9.17, 15) is 4.79 Å². The fourth-order valence-electron chi connectivity index (χ4n) is 0.897. The predicted molar refractivity (Wildman–Crippen MR) is 64.6 cm³/mol. The van der Waals surface area contributed by atoms with Crippen LogP contribution in [0.1, 0.15) is 48.0 Å². The summed E-state index contributed by atoms with van der Waals surface area (Å²) in [5.41, 5.74) is -0.580. The van der Waals surface area contributed by atoms with Crippen LogP contribution in [0.5, 0.6) is 0 Å². The van der Waals surface area contributed by atoms with Crippen LogP contribution in [0, 0.1) is 0 Å². The van der Waals surface area contributed by atoms with Crippen LogP contribution in [-0.4, -0.2) is 30.4 Å². The number of alkyl carbamates (subject to hydrolysis) is 1. The minimum Gasteiger partial charge on any atom is -0.444 e. The summed E-state index contributed by atoms with van der Waals surface area (Å²) in [5.74, 6) is 0. The molecule has 0 atom stereocenters. The molecule has 0 spiro atoms. The Morgan fingerprint density at radius 3 is 2.19 bits per heavy atom. The predicted octanol–water partition coefficient (Wildman–Crippen LogP) is 2.72. The van der Waals surface area contributed by atoms with Gasteiger partial charge in [0.15, 0.2) is 0 Å². The standard InChI is InChI=1S/C12H25NO3/c1-7-12(5,6)15-9-8-13-10(14)16-11(2,3)4/h7-9H2,1-6H3,(H,13,14). The Morgan fingerprint density at radius 1 is 1.19 bits per heavy atom. The first-order valence-corrected chi connectivity index (χ1v) is 5.77. The molecule has 0 aromatic heterocycles. The van der Waals surface area contributed by atoms with Gasteiger partial charge < -0.3 is 14.8 Å². The van der Waals surface area contributed by atoms with Crippen molar-refractivity contribution in [3.63, 3.8) is 0 Å². The summed E-state index contributed by atoms with van der Waals surface area (Å²) in [7, 11) is 0. The Bertz CT molecular complexity index is 219. The fourth-order valence-corrected chi connectivity index (χ4v) is 0.897. The minimum atomic E-state index is -0.451. The molecule has 0 aromatic rings. The number of amides is 1. The lowest BCUT2D eigenvalue weighted by Crippen LogP contribution is -2.35. The molecule has 0 bridgehead atoms. The zero-order valence-corrected chi connectivity index (χ0v) is 11.3. The number of hydrogen-bond acceptors (Lipinski definition) is 3. The zero-order chi connectivity index (χ0) is 12.8. The largest absolute Gasteiger partial charge is 0.444 e. The molecule has 0 saturated carbocycles. The molecule has 0 aliphatic heterocycles. The Labute approximate surface area is 98.7 Å². The molecule has 0 saturated heterocycles. The lowest BCUT2D eigenvalue weighted by Gasteiger charge is -2.24. The van der Waals surface area contributed by atoms with Crippen molar-refractivity contribution in [2.45, 2.75) is 59.2 Å². The molecule has 96 valence electrons. The van der Waals surface area contributed by atoms with Crippen LogP contribution >= 0.6 is 0 Å². The summed E-state index contributed by atoms with van der Waals surface area (Å²) in [4.78, 5) is 11.3. The van der Waals surface area contributed by atoms with E-state index in [0.29, 0.717) is 13.2 Å². The molecule has 16 heavy (non-hydrogen) atoms. The van der Waals surface area contributed by atoms with Gasteiger partial charge in [0.2, 0.25) is 0 Å². The van der Waals surface area contributed by atoms with Crippen LogP contribution in [0.4, 0.5) is 4.79 Å². The van der Waals surface area contributed by atoms with Gasteiger partial charge in [0.25, 0.3) is 0 Å². The van der Waals surface area contributed by atoms with Crippen molar-refractivity contribution in [1.82, 2.24) is 5.32 Å². The first kappa shape index (κ1) is 15.2. The van der Waals surface area contributed by atoms with E-state index in [2.05, 4.69) is 12.2 Å². The van der Waals surface area contributed by atoms with Crippen LogP contribution in [0.25, 0.3) is 0 Å². The molecule has 1 N–H and O–H groups in total. The van der Waals surface area contributed by atoms with Crippen LogP contribution < -0.4 is 5.32 Å². The third-order valence-corrected chi connectivity index (χ3v) is 2.11. The van der Waals surface area contributed by atoms with Crippen molar-refractivity contribution in [2.75, 3.05) is 13.2 Å². The number of nitrogens with one attached hydrogen (secondary N) is 1. The molecule has 4 heteroatoms. The Kier molecular flexibility index (Phi) is 5.79. The van der Waals surface area contributed by atoms with Gasteiger partial charge in [0, 0.05) is 6.54 Å². The van der Waals surface area contributed by atoms with E-state index in [1.165, 1.54) is 0 Å². The van der Waals surface area contributed by atoms with E-state index >= 15 is 0 Å². The molecule has 0 radical (unpaired) electrons. The molecule has 0 unspecified atom stereocenters. The molecular formula is C12H25NO3. The molecule has 4 nitrogen and oxygen atoms in total. The average Bonchev–Trinajstić information content (AvgIpc) is 2.10. The monoisotopic (exact) mass is 231 g/mol. The van der Waals surface area contributed by atoms with Crippen LogP contribution in [0.3, 0.4) is 0 Å². The second-order valence-corrected chi connectivity index (χ2v) is 5.39. The average molecular weight is 231 g/mol. The SMILES string of the molecule is CCC(C)(C)OCCNC(=O)OC(C)(C)C. The smallest absolute Gasteiger partial charge is 0.407 e. The van der Waals surface area contributed by atoms with Crippen molar-refractivity contribution in [2.24, 2.45) is 0 Å². The topological polar surface area (TPSA) is 47.6 Å². The lowest BCUT2D eigenvalue weighted by molar-refractivity contribution is -0.0193. The van der Waals surface area contributed by atoms with E-state index in [1.54, 1.807) is 0 Å². The number of rotatable bonds is 5. The van der Waals surface area contributed by atoms with Crippen molar-refractivity contribution in [1.29, 1.82) is 0 Å². The second-order valence-electron chi connectivity index (χ2n) is 5.39. The molecule has 0 heterocycles. The summed E-state index contributed by atoms with van der Waals surface area (Å²) in [6.45, 7) is 12.6. The van der Waals surface area contributed by atoms with Gasteiger partial charge in [-0.15, -0.1) is 0 Å². The number of carbonyl (C=O) groups excluding carboxylic acids is 1. The normalized spacial score (nSPS) is 12.4. The molecule has 0 fully saturated rings. The highest BCUT2D eigenvalue weighted by atomic mass is 16.6. The second kappa shape index (κ2) is 6.09. The number of ether oxygens (including phenoxy) is 2. The number of carbonyl (C=O) groups is 1. The van der Waals surface area contributed by atoms with Gasteiger partial charge >= 0.3 is 6.09 Å². The Morgan fingerprint density at radius 2 is 1.75 bits per heavy atom. The fraction of sp³-hybridized carbons (Fsp3) is 0.917. The van der Waals surface area contributed by atoms with E-state index in [-0.39, 0.29) is 5.60 Å². The quantitative estimate of drug-likeness (QED) is 0.740. The molecule has 0 aliphatic carbocycles. The maximum absolute atomic E-state index is 11.3. The van der Waals surface area contributed by atoms with Gasteiger partial charge in [-0.1, -0.05) is 6.92 Å². The van der Waals surface area contributed by atoms with Gasteiger partial charge in [-0.25, -0.2) is 4.79 Å². The van der Waals surface area contributed by atoms with Crippen molar-refractivity contribution < 1.29 is 14.3 Å². The van der Waals surface area contributed by atoms with Crippen molar-refractivity contribution in [3.05, 3.63) is 0 Å². The summed E-state index contributed by atoms with van der Waals surface area (Å²) in [6, 6.07) is 0. The maximum Gasteiger partial charge on any atom is 0.407 e. The zero-order valence-electron chi connectivity index (χ0n) is 11.3. The third-order valence-electron chi connectivity index (χ3n) is 2.11. The van der Waals surface area contributed by atoms with Gasteiger partial charge in [0.05, 0.1) is 12.2 Å². The molecule has 0 aliphatic rings.